The zero-order chi connectivity index (χ0) is 8.69. The molecule has 0 heterocycles. The lowest BCUT2D eigenvalue weighted by molar-refractivity contribution is 0.931. The summed E-state index contributed by atoms with van der Waals surface area (Å²) >= 11 is 0. The van der Waals surface area contributed by atoms with Gasteiger partial charge in [0.05, 0.1) is 0 Å². The van der Waals surface area contributed by atoms with Crippen LogP contribution >= 0.6 is 0 Å². The summed E-state index contributed by atoms with van der Waals surface area (Å²) < 4.78 is 0. The third-order valence-corrected chi connectivity index (χ3v) is 1.43. The van der Waals surface area contributed by atoms with Crippen LogP contribution in [-0.4, -0.2) is 5.84 Å². The Morgan fingerprint density at radius 3 is 2.64 bits per heavy atom. The van der Waals surface area contributed by atoms with Crippen molar-refractivity contribution in [3.8, 4) is 0 Å². The van der Waals surface area contributed by atoms with Crippen molar-refractivity contribution in [2.24, 2.45) is 10.7 Å². The van der Waals surface area contributed by atoms with Crippen molar-refractivity contribution >= 4 is 5.84 Å². The van der Waals surface area contributed by atoms with Crippen LogP contribution in [0, 0.1) is 0 Å². The van der Waals surface area contributed by atoms with Crippen molar-refractivity contribution in [3.05, 3.63) is 24.4 Å². The smallest absolute Gasteiger partial charge is 0.126 e. The number of hydrogen-bond acceptors (Lipinski definition) is 1. The van der Waals surface area contributed by atoms with E-state index in [2.05, 4.69) is 18.5 Å². The minimum absolute atomic E-state index is 0.587. The highest BCUT2D eigenvalue weighted by Gasteiger charge is 1.97. The highest BCUT2D eigenvalue weighted by atomic mass is 14.8. The summed E-state index contributed by atoms with van der Waals surface area (Å²) in [6, 6.07) is 0. The zero-order valence-corrected chi connectivity index (χ0v) is 7.30. The van der Waals surface area contributed by atoms with Crippen LogP contribution in [0.25, 0.3) is 0 Å². The molecule has 0 amide bonds. The summed E-state index contributed by atoms with van der Waals surface area (Å²) in [4.78, 5) is 3.90. The summed E-state index contributed by atoms with van der Waals surface area (Å²) in [6.07, 6.45) is 5.53. The number of hydrogen-bond donors (Lipinski definition) is 1. The summed E-state index contributed by atoms with van der Waals surface area (Å²) in [7, 11) is 0. The van der Waals surface area contributed by atoms with E-state index in [-0.39, 0.29) is 0 Å². The molecule has 0 aliphatic heterocycles. The third kappa shape index (κ3) is 3.61. The van der Waals surface area contributed by atoms with Gasteiger partial charge >= 0.3 is 0 Å². The van der Waals surface area contributed by atoms with Gasteiger partial charge < -0.3 is 5.73 Å². The fourth-order valence-corrected chi connectivity index (χ4v) is 0.871. The SMILES string of the molecule is C=CN=C(N)/C(=C\C)CCC. The van der Waals surface area contributed by atoms with Crippen LogP contribution in [0.2, 0.25) is 0 Å². The minimum Gasteiger partial charge on any atom is -0.383 e. The maximum Gasteiger partial charge on any atom is 0.126 e. The first-order valence-corrected chi connectivity index (χ1v) is 3.86. The van der Waals surface area contributed by atoms with Crippen LogP contribution in [0.1, 0.15) is 26.7 Å². The maximum atomic E-state index is 5.64. The van der Waals surface area contributed by atoms with E-state index in [4.69, 9.17) is 5.73 Å². The average molecular weight is 152 g/mol. The van der Waals surface area contributed by atoms with E-state index in [1.54, 1.807) is 0 Å². The topological polar surface area (TPSA) is 38.4 Å². The predicted molar refractivity (Wildman–Crippen MR) is 50.5 cm³/mol. The van der Waals surface area contributed by atoms with Crippen molar-refractivity contribution in [2.45, 2.75) is 26.7 Å². The molecule has 0 bridgehead atoms. The molecule has 0 aromatic rings. The molecule has 11 heavy (non-hydrogen) atoms. The summed E-state index contributed by atoms with van der Waals surface area (Å²) in [6.45, 7) is 7.57. The molecule has 2 nitrogen and oxygen atoms in total. The molecule has 0 aromatic carbocycles. The maximum absolute atomic E-state index is 5.64. The average Bonchev–Trinajstić information content (AvgIpc) is 2.00. The van der Waals surface area contributed by atoms with Crippen molar-refractivity contribution in [2.75, 3.05) is 0 Å². The second kappa shape index (κ2) is 5.71. The Morgan fingerprint density at radius 2 is 2.27 bits per heavy atom. The summed E-state index contributed by atoms with van der Waals surface area (Å²) in [5.41, 5.74) is 6.74. The summed E-state index contributed by atoms with van der Waals surface area (Å²) in [5, 5.41) is 0. The first-order chi connectivity index (χ1) is 5.26. The molecular weight excluding hydrogens is 136 g/mol. The van der Waals surface area contributed by atoms with Crippen LogP contribution in [0.15, 0.2) is 29.4 Å². The Hall–Kier alpha value is -1.05. The van der Waals surface area contributed by atoms with Gasteiger partial charge in [0, 0.05) is 6.20 Å². The molecule has 0 aliphatic carbocycles. The quantitative estimate of drug-likeness (QED) is 0.487. The van der Waals surface area contributed by atoms with Gasteiger partial charge in [-0.15, -0.1) is 0 Å². The molecule has 62 valence electrons. The molecule has 2 heteroatoms. The van der Waals surface area contributed by atoms with Crippen LogP contribution in [0.4, 0.5) is 0 Å². The van der Waals surface area contributed by atoms with E-state index in [1.807, 2.05) is 13.0 Å². The van der Waals surface area contributed by atoms with Gasteiger partial charge in [-0.2, -0.15) is 0 Å². The van der Waals surface area contributed by atoms with Gasteiger partial charge in [0.2, 0.25) is 0 Å². The fourth-order valence-electron chi connectivity index (χ4n) is 0.871. The van der Waals surface area contributed by atoms with Crippen molar-refractivity contribution in [3.63, 3.8) is 0 Å². The lowest BCUT2D eigenvalue weighted by Gasteiger charge is -2.02. The van der Waals surface area contributed by atoms with Gasteiger partial charge in [0.15, 0.2) is 0 Å². The van der Waals surface area contributed by atoms with Crippen LogP contribution in [0.5, 0.6) is 0 Å². The second-order valence-corrected chi connectivity index (χ2v) is 2.26. The first kappa shape index (κ1) is 9.95. The number of rotatable bonds is 4. The van der Waals surface area contributed by atoms with E-state index < -0.39 is 0 Å². The molecule has 0 atom stereocenters. The Bertz CT molecular complexity index is 178. The lowest BCUT2D eigenvalue weighted by atomic mass is 10.1. The van der Waals surface area contributed by atoms with Gasteiger partial charge in [-0.25, -0.2) is 4.99 Å². The molecule has 0 unspecified atom stereocenters. The molecule has 2 N–H and O–H groups in total. The predicted octanol–water partition coefficient (Wildman–Crippen LogP) is 2.23. The van der Waals surface area contributed by atoms with Gasteiger partial charge in [-0.1, -0.05) is 26.0 Å². The normalized spacial score (nSPS) is 13.3. The second-order valence-electron chi connectivity index (χ2n) is 2.26. The number of aliphatic imine (C=N–C) groups is 1. The van der Waals surface area contributed by atoms with E-state index in [9.17, 15) is 0 Å². The van der Waals surface area contributed by atoms with Gasteiger partial charge in [0.1, 0.15) is 5.84 Å². The number of allylic oxidation sites excluding steroid dienone is 1. The first-order valence-electron chi connectivity index (χ1n) is 3.86. The van der Waals surface area contributed by atoms with Crippen LogP contribution in [-0.2, 0) is 0 Å². The molecule has 0 fully saturated rings. The van der Waals surface area contributed by atoms with Gasteiger partial charge in [-0.3, -0.25) is 0 Å². The van der Waals surface area contributed by atoms with E-state index in [0.29, 0.717) is 5.84 Å². The summed E-state index contributed by atoms with van der Waals surface area (Å²) in [5.74, 6) is 0.587. The third-order valence-electron chi connectivity index (χ3n) is 1.43. The standard InChI is InChI=1S/C9H16N2/c1-4-7-8(5-2)9(10)11-6-3/h5-6H,3-4,7H2,1-2H3,(H2,10,11)/b8-5-. The molecule has 0 saturated carbocycles. The molecule has 0 saturated heterocycles. The molecular formula is C9H16N2. The van der Waals surface area contributed by atoms with Crippen molar-refractivity contribution in [1.29, 1.82) is 0 Å². The lowest BCUT2D eigenvalue weighted by Crippen LogP contribution is -2.14. The molecule has 0 radical (unpaired) electrons. The molecule has 0 rings (SSSR count). The number of amidine groups is 1. The van der Waals surface area contributed by atoms with Crippen molar-refractivity contribution < 1.29 is 0 Å². The Kier molecular flexibility index (Phi) is 5.17. The highest BCUT2D eigenvalue weighted by Crippen LogP contribution is 2.04. The Morgan fingerprint density at radius 1 is 1.64 bits per heavy atom. The fraction of sp³-hybridized carbons (Fsp3) is 0.444. The largest absolute Gasteiger partial charge is 0.383 e. The monoisotopic (exact) mass is 152 g/mol. The van der Waals surface area contributed by atoms with E-state index in [1.165, 1.54) is 6.20 Å². The van der Waals surface area contributed by atoms with Crippen LogP contribution < -0.4 is 5.73 Å². The van der Waals surface area contributed by atoms with E-state index in [0.717, 1.165) is 18.4 Å². The molecule has 0 aliphatic rings. The van der Waals surface area contributed by atoms with E-state index >= 15 is 0 Å². The molecule has 0 aromatic heterocycles. The minimum atomic E-state index is 0.587. The Balaban J connectivity index is 4.26. The Labute approximate surface area is 68.5 Å². The number of nitrogens with zero attached hydrogens (tertiary/aromatic N) is 1. The zero-order valence-electron chi connectivity index (χ0n) is 7.30. The van der Waals surface area contributed by atoms with Gasteiger partial charge in [-0.05, 0) is 18.9 Å². The van der Waals surface area contributed by atoms with Crippen LogP contribution in [0.3, 0.4) is 0 Å². The highest BCUT2D eigenvalue weighted by molar-refractivity contribution is 5.97. The van der Waals surface area contributed by atoms with Crippen molar-refractivity contribution in [1.82, 2.24) is 0 Å². The number of nitrogens with two attached hydrogens (primary N) is 1. The van der Waals surface area contributed by atoms with Gasteiger partial charge in [0.25, 0.3) is 0 Å². The molecule has 0 spiro atoms.